The molecule has 6 nitrogen and oxygen atoms in total. The third kappa shape index (κ3) is 3.95. The molecule has 21 heavy (non-hydrogen) atoms. The van der Waals surface area contributed by atoms with Crippen molar-refractivity contribution in [2.45, 2.75) is 20.0 Å². The summed E-state index contributed by atoms with van der Waals surface area (Å²) in [6.45, 7) is 3.76. The summed E-state index contributed by atoms with van der Waals surface area (Å²) in [5, 5.41) is 0.0671. The summed E-state index contributed by atoms with van der Waals surface area (Å²) in [5.74, 6) is 1.65. The molecule has 1 heterocycles. The molecule has 0 spiro atoms. The van der Waals surface area contributed by atoms with Crippen molar-refractivity contribution in [3.05, 3.63) is 23.5 Å². The number of hydrogen-bond acceptors (Lipinski definition) is 6. The van der Waals surface area contributed by atoms with Gasteiger partial charge >= 0.3 is 6.01 Å². The van der Waals surface area contributed by atoms with Gasteiger partial charge in [0.15, 0.2) is 5.82 Å². The van der Waals surface area contributed by atoms with Crippen LogP contribution in [-0.2, 0) is 0 Å². The van der Waals surface area contributed by atoms with Gasteiger partial charge in [0, 0.05) is 11.6 Å². The van der Waals surface area contributed by atoms with Gasteiger partial charge in [-0.2, -0.15) is 15.0 Å². The third-order valence-corrected chi connectivity index (χ3v) is 2.71. The molecule has 2 rings (SSSR count). The first kappa shape index (κ1) is 15.3. The van der Waals surface area contributed by atoms with Crippen molar-refractivity contribution >= 4 is 11.6 Å². The largest absolute Gasteiger partial charge is 0.497 e. The highest BCUT2D eigenvalue weighted by atomic mass is 35.5. The summed E-state index contributed by atoms with van der Waals surface area (Å²) >= 11 is 5.93. The van der Waals surface area contributed by atoms with Crippen LogP contribution in [0.15, 0.2) is 18.2 Å². The Hall–Kier alpha value is -2.08. The number of benzene rings is 1. The first-order chi connectivity index (χ1) is 10.0. The van der Waals surface area contributed by atoms with Crippen LogP contribution in [0.2, 0.25) is 5.28 Å². The quantitative estimate of drug-likeness (QED) is 0.846. The van der Waals surface area contributed by atoms with Gasteiger partial charge in [0.1, 0.15) is 11.5 Å². The molecule has 0 bridgehead atoms. The molecule has 0 fully saturated rings. The van der Waals surface area contributed by atoms with E-state index in [9.17, 15) is 0 Å². The van der Waals surface area contributed by atoms with Crippen LogP contribution < -0.4 is 14.2 Å². The van der Waals surface area contributed by atoms with Gasteiger partial charge in [0.05, 0.1) is 20.3 Å². The standard InChI is InChI=1S/C14H16ClN3O3/c1-8(2)21-14-17-12(16-13(15)18-14)9-5-10(19-3)7-11(6-9)20-4/h5-8H,1-4H3. The van der Waals surface area contributed by atoms with E-state index < -0.39 is 0 Å². The summed E-state index contributed by atoms with van der Waals surface area (Å²) in [7, 11) is 3.15. The molecule has 0 N–H and O–H groups in total. The lowest BCUT2D eigenvalue weighted by molar-refractivity contribution is 0.222. The first-order valence-corrected chi connectivity index (χ1v) is 6.71. The number of hydrogen-bond donors (Lipinski definition) is 0. The highest BCUT2D eigenvalue weighted by Gasteiger charge is 2.12. The van der Waals surface area contributed by atoms with Crippen LogP contribution in [0.4, 0.5) is 0 Å². The summed E-state index contributed by atoms with van der Waals surface area (Å²) in [5.41, 5.74) is 0.698. The van der Waals surface area contributed by atoms with Gasteiger partial charge in [-0.05, 0) is 37.6 Å². The Morgan fingerprint density at radius 2 is 1.57 bits per heavy atom. The van der Waals surface area contributed by atoms with E-state index in [4.69, 9.17) is 25.8 Å². The molecule has 0 saturated heterocycles. The Bertz CT molecular complexity index is 613. The lowest BCUT2D eigenvalue weighted by atomic mass is 10.2. The van der Waals surface area contributed by atoms with E-state index in [0.717, 1.165) is 0 Å². The molecule has 0 unspecified atom stereocenters. The maximum absolute atomic E-state index is 5.93. The lowest BCUT2D eigenvalue weighted by Crippen LogP contribution is -2.09. The summed E-state index contributed by atoms with van der Waals surface area (Å²) in [6, 6.07) is 5.51. The minimum atomic E-state index is -0.0591. The van der Waals surface area contributed by atoms with E-state index in [1.54, 1.807) is 32.4 Å². The second kappa shape index (κ2) is 6.58. The maximum atomic E-state index is 5.93. The van der Waals surface area contributed by atoms with E-state index >= 15 is 0 Å². The highest BCUT2D eigenvalue weighted by molar-refractivity contribution is 6.28. The molecule has 1 aromatic carbocycles. The van der Waals surface area contributed by atoms with Crippen LogP contribution in [0.3, 0.4) is 0 Å². The molecule has 1 aromatic heterocycles. The molecule has 0 amide bonds. The molecule has 0 atom stereocenters. The van der Waals surface area contributed by atoms with E-state index in [1.165, 1.54) is 0 Å². The van der Waals surface area contributed by atoms with Gasteiger partial charge in [0.2, 0.25) is 5.28 Å². The number of halogens is 1. The Balaban J connectivity index is 2.47. The summed E-state index contributed by atoms with van der Waals surface area (Å²) in [6.07, 6.45) is -0.0591. The van der Waals surface area contributed by atoms with Crippen molar-refractivity contribution in [2.24, 2.45) is 0 Å². The van der Waals surface area contributed by atoms with Gasteiger partial charge in [-0.15, -0.1) is 0 Å². The average molecular weight is 310 g/mol. The van der Waals surface area contributed by atoms with Gasteiger partial charge in [-0.1, -0.05) is 0 Å². The molecule has 112 valence electrons. The Morgan fingerprint density at radius 1 is 0.952 bits per heavy atom. The number of methoxy groups -OCH3 is 2. The molecule has 0 aliphatic rings. The number of rotatable bonds is 5. The average Bonchev–Trinajstić information content (AvgIpc) is 2.45. The zero-order valence-corrected chi connectivity index (χ0v) is 13.0. The van der Waals surface area contributed by atoms with Crippen molar-refractivity contribution in [3.63, 3.8) is 0 Å². The van der Waals surface area contributed by atoms with Crippen molar-refractivity contribution in [1.29, 1.82) is 0 Å². The first-order valence-electron chi connectivity index (χ1n) is 6.33. The Kier molecular flexibility index (Phi) is 4.80. The summed E-state index contributed by atoms with van der Waals surface area (Å²) < 4.78 is 15.9. The fraction of sp³-hybridized carbons (Fsp3) is 0.357. The predicted molar refractivity (Wildman–Crippen MR) is 79.1 cm³/mol. The van der Waals surface area contributed by atoms with Crippen LogP contribution in [0, 0.1) is 0 Å². The topological polar surface area (TPSA) is 66.4 Å². The number of aromatic nitrogens is 3. The van der Waals surface area contributed by atoms with Gasteiger partial charge in [0.25, 0.3) is 0 Å². The Morgan fingerprint density at radius 3 is 2.10 bits per heavy atom. The van der Waals surface area contributed by atoms with Crippen LogP contribution in [-0.4, -0.2) is 35.3 Å². The molecular formula is C14H16ClN3O3. The number of ether oxygens (including phenoxy) is 3. The fourth-order valence-electron chi connectivity index (χ4n) is 1.66. The lowest BCUT2D eigenvalue weighted by Gasteiger charge is -2.10. The van der Waals surface area contributed by atoms with Crippen molar-refractivity contribution in [3.8, 4) is 28.9 Å². The van der Waals surface area contributed by atoms with Crippen molar-refractivity contribution < 1.29 is 14.2 Å². The van der Waals surface area contributed by atoms with Crippen LogP contribution in [0.25, 0.3) is 11.4 Å². The minimum absolute atomic E-state index is 0.0591. The molecular weight excluding hydrogens is 294 g/mol. The zero-order valence-electron chi connectivity index (χ0n) is 12.3. The molecule has 0 aliphatic carbocycles. The van der Waals surface area contributed by atoms with E-state index in [-0.39, 0.29) is 17.4 Å². The zero-order chi connectivity index (χ0) is 15.4. The van der Waals surface area contributed by atoms with Crippen molar-refractivity contribution in [1.82, 2.24) is 15.0 Å². The second-order valence-electron chi connectivity index (χ2n) is 4.48. The SMILES string of the molecule is COc1cc(OC)cc(-c2nc(Cl)nc(OC(C)C)n2)c1. The summed E-state index contributed by atoms with van der Waals surface area (Å²) in [4.78, 5) is 12.3. The molecule has 7 heteroatoms. The monoisotopic (exact) mass is 309 g/mol. The van der Waals surface area contributed by atoms with Crippen molar-refractivity contribution in [2.75, 3.05) is 14.2 Å². The van der Waals surface area contributed by atoms with Crippen LogP contribution in [0.5, 0.6) is 17.5 Å². The highest BCUT2D eigenvalue weighted by Crippen LogP contribution is 2.29. The van der Waals surface area contributed by atoms with Gasteiger partial charge in [-0.25, -0.2) is 0 Å². The second-order valence-corrected chi connectivity index (χ2v) is 4.82. The van der Waals surface area contributed by atoms with E-state index in [1.807, 2.05) is 13.8 Å². The molecule has 0 saturated carbocycles. The normalized spacial score (nSPS) is 10.6. The molecule has 0 aliphatic heterocycles. The number of nitrogens with zero attached hydrogens (tertiary/aromatic N) is 3. The van der Waals surface area contributed by atoms with E-state index in [2.05, 4.69) is 15.0 Å². The van der Waals surface area contributed by atoms with Gasteiger partial charge in [-0.3, -0.25) is 0 Å². The molecule has 0 radical (unpaired) electrons. The Labute approximate surface area is 128 Å². The minimum Gasteiger partial charge on any atom is -0.497 e. The third-order valence-electron chi connectivity index (χ3n) is 2.54. The smallest absolute Gasteiger partial charge is 0.321 e. The van der Waals surface area contributed by atoms with Crippen LogP contribution in [0.1, 0.15) is 13.8 Å². The predicted octanol–water partition coefficient (Wildman–Crippen LogP) is 3.00. The fourth-order valence-corrected chi connectivity index (χ4v) is 1.81. The maximum Gasteiger partial charge on any atom is 0.321 e. The van der Waals surface area contributed by atoms with Crippen LogP contribution >= 0.6 is 11.6 Å². The molecule has 2 aromatic rings. The van der Waals surface area contributed by atoms with Gasteiger partial charge < -0.3 is 14.2 Å². The van der Waals surface area contributed by atoms with E-state index in [0.29, 0.717) is 22.9 Å².